The molecule has 0 bridgehead atoms. The molecule has 0 amide bonds. The highest BCUT2D eigenvalue weighted by Crippen LogP contribution is 2.12. The van der Waals surface area contributed by atoms with Crippen LogP contribution < -0.4 is 15.4 Å². The summed E-state index contributed by atoms with van der Waals surface area (Å²) in [6.07, 6.45) is 3.48. The van der Waals surface area contributed by atoms with Gasteiger partial charge in [0.05, 0.1) is 19.3 Å². The Kier molecular flexibility index (Phi) is 5.14. The number of guanidine groups is 1. The van der Waals surface area contributed by atoms with Gasteiger partial charge in [-0.1, -0.05) is 6.07 Å². The number of methoxy groups -OCH3 is 1. The molecule has 7 nitrogen and oxygen atoms in total. The quantitative estimate of drug-likeness (QED) is 0.625. The Hall–Kier alpha value is -2.57. The Morgan fingerprint density at radius 3 is 2.76 bits per heavy atom. The largest absolute Gasteiger partial charge is 0.481 e. The van der Waals surface area contributed by atoms with Crippen LogP contribution in [0.3, 0.4) is 0 Å². The van der Waals surface area contributed by atoms with Crippen molar-refractivity contribution in [3.63, 3.8) is 0 Å². The van der Waals surface area contributed by atoms with E-state index in [9.17, 15) is 0 Å². The maximum absolute atomic E-state index is 5.22. The van der Waals surface area contributed by atoms with Gasteiger partial charge in [0.2, 0.25) is 5.88 Å². The molecule has 7 heteroatoms. The van der Waals surface area contributed by atoms with Crippen LogP contribution in [-0.4, -0.2) is 34.9 Å². The number of pyridine rings is 1. The first-order valence-corrected chi connectivity index (χ1v) is 6.64. The van der Waals surface area contributed by atoms with E-state index in [-0.39, 0.29) is 0 Å². The molecular formula is C14H20N6O. The summed E-state index contributed by atoms with van der Waals surface area (Å²) in [6.45, 7) is 1.24. The molecule has 2 aromatic heterocycles. The fourth-order valence-electron chi connectivity index (χ4n) is 1.89. The summed E-state index contributed by atoms with van der Waals surface area (Å²) in [6, 6.07) is 5.81. The first-order chi connectivity index (χ1) is 10.2. The molecule has 0 aliphatic carbocycles. The molecule has 2 aromatic rings. The summed E-state index contributed by atoms with van der Waals surface area (Å²) in [4.78, 5) is 8.36. The van der Waals surface area contributed by atoms with E-state index in [1.165, 1.54) is 0 Å². The van der Waals surface area contributed by atoms with Gasteiger partial charge in [-0.25, -0.2) is 4.98 Å². The average Bonchev–Trinajstić information content (AvgIpc) is 2.93. The minimum absolute atomic E-state index is 0.585. The van der Waals surface area contributed by atoms with Crippen LogP contribution in [0.5, 0.6) is 5.88 Å². The highest BCUT2D eigenvalue weighted by Gasteiger charge is 2.05. The second-order valence-electron chi connectivity index (χ2n) is 4.40. The van der Waals surface area contributed by atoms with Gasteiger partial charge in [0.1, 0.15) is 0 Å². The summed E-state index contributed by atoms with van der Waals surface area (Å²) in [5.41, 5.74) is 2.06. The number of hydrogen-bond acceptors (Lipinski definition) is 4. The van der Waals surface area contributed by atoms with Crippen LogP contribution >= 0.6 is 0 Å². The molecule has 0 saturated carbocycles. The third-order valence-electron chi connectivity index (χ3n) is 3.07. The predicted octanol–water partition coefficient (Wildman–Crippen LogP) is 0.689. The molecule has 2 N–H and O–H groups in total. The maximum atomic E-state index is 5.22. The van der Waals surface area contributed by atoms with Crippen LogP contribution in [0.25, 0.3) is 0 Å². The minimum atomic E-state index is 0.585. The molecule has 2 heterocycles. The third-order valence-corrected chi connectivity index (χ3v) is 3.07. The third kappa shape index (κ3) is 3.95. The number of nitrogens with zero attached hydrogens (tertiary/aromatic N) is 4. The van der Waals surface area contributed by atoms with Crippen molar-refractivity contribution in [2.45, 2.75) is 13.1 Å². The average molecular weight is 288 g/mol. The summed E-state index contributed by atoms with van der Waals surface area (Å²) >= 11 is 0. The first-order valence-electron chi connectivity index (χ1n) is 6.64. The van der Waals surface area contributed by atoms with Crippen LogP contribution in [0.15, 0.2) is 35.6 Å². The van der Waals surface area contributed by atoms with Crippen LogP contribution in [0.2, 0.25) is 0 Å². The van der Waals surface area contributed by atoms with E-state index < -0.39 is 0 Å². The first kappa shape index (κ1) is 14.8. The van der Waals surface area contributed by atoms with Gasteiger partial charge in [-0.15, -0.1) is 0 Å². The normalized spacial score (nSPS) is 11.3. The fourth-order valence-corrected chi connectivity index (χ4v) is 1.89. The topological polar surface area (TPSA) is 76.4 Å². The number of aliphatic imine (C=N–C) groups is 1. The second-order valence-corrected chi connectivity index (χ2v) is 4.40. The number of nitrogens with one attached hydrogen (secondary N) is 2. The Bertz CT molecular complexity index is 607. The fraction of sp³-hybridized carbons (Fsp3) is 0.357. The molecule has 2 rings (SSSR count). The van der Waals surface area contributed by atoms with E-state index in [0.29, 0.717) is 24.9 Å². The van der Waals surface area contributed by atoms with Crippen molar-refractivity contribution in [3.05, 3.63) is 41.9 Å². The van der Waals surface area contributed by atoms with Crippen LogP contribution in [-0.2, 0) is 20.1 Å². The molecule has 0 atom stereocenters. The van der Waals surface area contributed by atoms with Gasteiger partial charge in [-0.2, -0.15) is 5.10 Å². The summed E-state index contributed by atoms with van der Waals surface area (Å²) in [5, 5.41) is 10.6. The van der Waals surface area contributed by atoms with Crippen molar-refractivity contribution >= 4 is 5.96 Å². The van der Waals surface area contributed by atoms with Crippen LogP contribution in [0.1, 0.15) is 11.3 Å². The van der Waals surface area contributed by atoms with Crippen molar-refractivity contribution in [3.8, 4) is 5.88 Å². The Morgan fingerprint density at radius 1 is 1.29 bits per heavy atom. The molecule has 0 unspecified atom stereocenters. The van der Waals surface area contributed by atoms with E-state index in [4.69, 9.17) is 4.74 Å². The molecule has 0 spiro atoms. The zero-order valence-electron chi connectivity index (χ0n) is 12.5. The molecule has 0 radical (unpaired) electrons. The zero-order valence-corrected chi connectivity index (χ0v) is 12.5. The van der Waals surface area contributed by atoms with E-state index in [2.05, 4.69) is 25.7 Å². The van der Waals surface area contributed by atoms with Gasteiger partial charge in [-0.05, 0) is 12.1 Å². The smallest absolute Gasteiger partial charge is 0.218 e. The van der Waals surface area contributed by atoms with Crippen molar-refractivity contribution in [2.24, 2.45) is 12.0 Å². The van der Waals surface area contributed by atoms with E-state index in [1.54, 1.807) is 26.6 Å². The van der Waals surface area contributed by atoms with Gasteiger partial charge in [0.15, 0.2) is 5.96 Å². The number of ether oxygens (including phenoxy) is 1. The lowest BCUT2D eigenvalue weighted by molar-refractivity contribution is 0.392. The van der Waals surface area contributed by atoms with Gasteiger partial charge in [0.25, 0.3) is 0 Å². The van der Waals surface area contributed by atoms with Crippen molar-refractivity contribution < 1.29 is 4.74 Å². The SMILES string of the molecule is CN=C(NCc1cccnc1OC)NCc1ccnn1C. The lowest BCUT2D eigenvalue weighted by Crippen LogP contribution is -2.36. The van der Waals surface area contributed by atoms with Crippen molar-refractivity contribution in [2.75, 3.05) is 14.2 Å². The van der Waals surface area contributed by atoms with Gasteiger partial charge in [0, 0.05) is 38.6 Å². The molecule has 0 saturated heterocycles. The monoisotopic (exact) mass is 288 g/mol. The molecule has 112 valence electrons. The minimum Gasteiger partial charge on any atom is -0.481 e. The van der Waals surface area contributed by atoms with Crippen molar-refractivity contribution in [1.82, 2.24) is 25.4 Å². The van der Waals surface area contributed by atoms with E-state index >= 15 is 0 Å². The number of hydrogen-bond donors (Lipinski definition) is 2. The Morgan fingerprint density at radius 2 is 2.10 bits per heavy atom. The zero-order chi connectivity index (χ0) is 15.1. The maximum Gasteiger partial charge on any atom is 0.218 e. The summed E-state index contributed by atoms with van der Waals surface area (Å²) in [7, 11) is 5.26. The number of aromatic nitrogens is 3. The molecule has 0 aromatic carbocycles. The number of aryl methyl sites for hydroxylation is 1. The van der Waals surface area contributed by atoms with Crippen LogP contribution in [0, 0.1) is 0 Å². The highest BCUT2D eigenvalue weighted by molar-refractivity contribution is 5.79. The standard InChI is InChI=1S/C14H20N6O/c1-15-14(18-10-12-6-8-19-20(12)2)17-9-11-5-4-7-16-13(11)21-3/h4-8H,9-10H2,1-3H3,(H2,15,17,18). The summed E-state index contributed by atoms with van der Waals surface area (Å²) in [5.74, 6) is 1.33. The second kappa shape index (κ2) is 7.28. The van der Waals surface area contributed by atoms with Crippen LogP contribution in [0.4, 0.5) is 0 Å². The Labute approximate surface area is 124 Å². The predicted molar refractivity (Wildman–Crippen MR) is 81.0 cm³/mol. The molecule has 21 heavy (non-hydrogen) atoms. The van der Waals surface area contributed by atoms with E-state index in [0.717, 1.165) is 11.3 Å². The molecular weight excluding hydrogens is 268 g/mol. The van der Waals surface area contributed by atoms with Gasteiger partial charge in [-0.3, -0.25) is 9.67 Å². The van der Waals surface area contributed by atoms with Gasteiger partial charge >= 0.3 is 0 Å². The molecule has 0 fully saturated rings. The van der Waals surface area contributed by atoms with Gasteiger partial charge < -0.3 is 15.4 Å². The molecule has 0 aliphatic heterocycles. The highest BCUT2D eigenvalue weighted by atomic mass is 16.5. The lowest BCUT2D eigenvalue weighted by Gasteiger charge is -2.13. The lowest BCUT2D eigenvalue weighted by atomic mass is 10.2. The molecule has 0 aliphatic rings. The Balaban J connectivity index is 1.90. The number of rotatable bonds is 5. The van der Waals surface area contributed by atoms with Crippen molar-refractivity contribution in [1.29, 1.82) is 0 Å². The van der Waals surface area contributed by atoms with E-state index in [1.807, 2.05) is 29.9 Å². The summed E-state index contributed by atoms with van der Waals surface area (Å²) < 4.78 is 7.05.